The summed E-state index contributed by atoms with van der Waals surface area (Å²) in [5.74, 6) is 0.886. The van der Waals surface area contributed by atoms with Crippen LogP contribution < -0.4 is 4.74 Å². The minimum Gasteiger partial charge on any atom is -0.497 e. The Balaban J connectivity index is 2.17. The number of ether oxygens (including phenoxy) is 1. The van der Waals surface area contributed by atoms with E-state index in [0.29, 0.717) is 0 Å². The molecule has 2 heteroatoms. The van der Waals surface area contributed by atoms with Crippen molar-refractivity contribution < 1.29 is 9.84 Å². The maximum absolute atomic E-state index is 9.32. The molecule has 0 heterocycles. The van der Waals surface area contributed by atoms with E-state index in [4.69, 9.17) is 4.74 Å². The molecular weight excluding hydrogens is 176 g/mol. The van der Waals surface area contributed by atoms with E-state index in [9.17, 15) is 5.11 Å². The first-order chi connectivity index (χ1) is 6.64. The Morgan fingerprint density at radius 1 is 1.29 bits per heavy atom. The fourth-order valence-corrected chi connectivity index (χ4v) is 2.21. The first-order valence-electron chi connectivity index (χ1n) is 4.97. The molecule has 1 saturated carbocycles. The molecule has 0 aromatic heterocycles. The number of aliphatic hydroxyl groups is 1. The van der Waals surface area contributed by atoms with Crippen molar-refractivity contribution in [3.8, 4) is 5.75 Å². The Morgan fingerprint density at radius 3 is 2.29 bits per heavy atom. The van der Waals surface area contributed by atoms with Gasteiger partial charge in [0.05, 0.1) is 13.2 Å². The first-order valence-corrected chi connectivity index (χ1v) is 4.97. The zero-order valence-electron chi connectivity index (χ0n) is 8.66. The average molecular weight is 192 g/mol. The minimum atomic E-state index is -0.109. The van der Waals surface area contributed by atoms with Crippen LogP contribution in [0.1, 0.15) is 25.3 Å². The van der Waals surface area contributed by atoms with Gasteiger partial charge in [0.2, 0.25) is 0 Å². The van der Waals surface area contributed by atoms with Crippen LogP contribution in [0.15, 0.2) is 24.3 Å². The average Bonchev–Trinajstić information content (AvgIpc) is 2.16. The van der Waals surface area contributed by atoms with E-state index in [1.807, 2.05) is 12.1 Å². The lowest BCUT2D eigenvalue weighted by molar-refractivity contribution is 0.0273. The lowest BCUT2D eigenvalue weighted by Crippen LogP contribution is -2.41. The van der Waals surface area contributed by atoms with Gasteiger partial charge in [0.15, 0.2) is 0 Å². The maximum atomic E-state index is 9.32. The molecule has 0 amide bonds. The van der Waals surface area contributed by atoms with E-state index >= 15 is 0 Å². The van der Waals surface area contributed by atoms with Gasteiger partial charge >= 0.3 is 0 Å². The third-order valence-electron chi connectivity index (χ3n) is 3.16. The highest BCUT2D eigenvalue weighted by atomic mass is 16.5. The lowest BCUT2D eigenvalue weighted by atomic mass is 9.64. The molecule has 1 N–H and O–H groups in total. The summed E-state index contributed by atoms with van der Waals surface area (Å²) >= 11 is 0. The highest BCUT2D eigenvalue weighted by Crippen LogP contribution is 2.43. The summed E-state index contributed by atoms with van der Waals surface area (Å²) in [6, 6.07) is 8.13. The fourth-order valence-electron chi connectivity index (χ4n) is 2.21. The molecule has 2 rings (SSSR count). The van der Waals surface area contributed by atoms with Gasteiger partial charge in [0, 0.05) is 0 Å². The fraction of sp³-hybridized carbons (Fsp3) is 0.500. The van der Waals surface area contributed by atoms with Gasteiger partial charge in [-0.15, -0.1) is 0 Å². The molecule has 1 fully saturated rings. The van der Waals surface area contributed by atoms with Crippen LogP contribution in [0.4, 0.5) is 0 Å². The number of rotatable bonds is 2. The van der Waals surface area contributed by atoms with Gasteiger partial charge in [0.25, 0.3) is 0 Å². The van der Waals surface area contributed by atoms with Crippen LogP contribution in [-0.4, -0.2) is 18.3 Å². The Bertz CT molecular complexity index is 310. The minimum absolute atomic E-state index is 0.109. The molecule has 0 spiro atoms. The van der Waals surface area contributed by atoms with Crippen LogP contribution in [0.3, 0.4) is 0 Å². The summed E-state index contributed by atoms with van der Waals surface area (Å²) in [6.45, 7) is 2.20. The molecular formula is C12H16O2. The molecule has 2 nitrogen and oxygen atoms in total. The van der Waals surface area contributed by atoms with E-state index in [1.165, 1.54) is 5.56 Å². The van der Waals surface area contributed by atoms with Crippen LogP contribution in [0.25, 0.3) is 0 Å². The zero-order chi connectivity index (χ0) is 10.2. The summed E-state index contributed by atoms with van der Waals surface area (Å²) in [7, 11) is 1.67. The number of hydrogen-bond acceptors (Lipinski definition) is 2. The monoisotopic (exact) mass is 192 g/mol. The molecule has 1 aromatic rings. The zero-order valence-corrected chi connectivity index (χ0v) is 8.66. The summed E-state index contributed by atoms with van der Waals surface area (Å²) in [6.07, 6.45) is 1.64. The summed E-state index contributed by atoms with van der Waals surface area (Å²) < 4.78 is 5.11. The number of aliphatic hydroxyl groups excluding tert-OH is 1. The first kappa shape index (κ1) is 9.53. The van der Waals surface area contributed by atoms with E-state index in [2.05, 4.69) is 19.1 Å². The van der Waals surface area contributed by atoms with Crippen molar-refractivity contribution in [1.82, 2.24) is 0 Å². The molecule has 14 heavy (non-hydrogen) atoms. The van der Waals surface area contributed by atoms with E-state index < -0.39 is 0 Å². The summed E-state index contributed by atoms with van der Waals surface area (Å²) in [4.78, 5) is 0. The predicted molar refractivity (Wildman–Crippen MR) is 55.6 cm³/mol. The molecule has 76 valence electrons. The SMILES string of the molecule is COc1ccc(C2(C)CC(O)C2)cc1. The van der Waals surface area contributed by atoms with Gasteiger partial charge in [-0.3, -0.25) is 0 Å². The van der Waals surface area contributed by atoms with Gasteiger partial charge in [-0.05, 0) is 36.0 Å². The third kappa shape index (κ3) is 1.50. The van der Waals surface area contributed by atoms with Gasteiger partial charge in [-0.2, -0.15) is 0 Å². The number of hydrogen-bond donors (Lipinski definition) is 1. The molecule has 0 radical (unpaired) electrons. The van der Waals surface area contributed by atoms with Gasteiger partial charge in [0.1, 0.15) is 5.75 Å². The Labute approximate surface area is 84.5 Å². The Hall–Kier alpha value is -1.02. The Morgan fingerprint density at radius 2 is 1.86 bits per heavy atom. The van der Waals surface area contributed by atoms with Crippen molar-refractivity contribution in [3.63, 3.8) is 0 Å². The molecule has 0 unspecified atom stereocenters. The van der Waals surface area contributed by atoms with Crippen LogP contribution in [-0.2, 0) is 5.41 Å². The second-order valence-corrected chi connectivity index (χ2v) is 4.35. The van der Waals surface area contributed by atoms with Crippen LogP contribution in [0.2, 0.25) is 0 Å². The third-order valence-corrected chi connectivity index (χ3v) is 3.16. The van der Waals surface area contributed by atoms with Crippen molar-refractivity contribution in [2.75, 3.05) is 7.11 Å². The normalized spacial score (nSPS) is 30.9. The second-order valence-electron chi connectivity index (χ2n) is 4.35. The quantitative estimate of drug-likeness (QED) is 0.777. The van der Waals surface area contributed by atoms with Crippen molar-refractivity contribution in [1.29, 1.82) is 0 Å². The molecule has 0 bridgehead atoms. The van der Waals surface area contributed by atoms with E-state index in [1.54, 1.807) is 7.11 Å². The Kier molecular flexibility index (Phi) is 2.23. The van der Waals surface area contributed by atoms with E-state index in [0.717, 1.165) is 18.6 Å². The van der Waals surface area contributed by atoms with Crippen LogP contribution in [0.5, 0.6) is 5.75 Å². The lowest BCUT2D eigenvalue weighted by Gasteiger charge is -2.43. The maximum Gasteiger partial charge on any atom is 0.118 e. The second kappa shape index (κ2) is 3.28. The molecule has 1 aromatic carbocycles. The predicted octanol–water partition coefficient (Wildman–Crippen LogP) is 2.11. The van der Waals surface area contributed by atoms with Crippen molar-refractivity contribution in [2.45, 2.75) is 31.3 Å². The summed E-state index contributed by atoms with van der Waals surface area (Å²) in [5, 5.41) is 9.32. The van der Waals surface area contributed by atoms with Crippen molar-refractivity contribution in [3.05, 3.63) is 29.8 Å². The van der Waals surface area contributed by atoms with E-state index in [-0.39, 0.29) is 11.5 Å². The molecule has 1 aliphatic rings. The molecule has 1 aliphatic carbocycles. The van der Waals surface area contributed by atoms with Crippen molar-refractivity contribution >= 4 is 0 Å². The van der Waals surface area contributed by atoms with Gasteiger partial charge in [-0.25, -0.2) is 0 Å². The van der Waals surface area contributed by atoms with Crippen molar-refractivity contribution in [2.24, 2.45) is 0 Å². The molecule has 0 saturated heterocycles. The highest BCUT2D eigenvalue weighted by molar-refractivity contribution is 5.33. The standard InChI is InChI=1S/C12H16O2/c1-12(7-10(13)8-12)9-3-5-11(14-2)6-4-9/h3-6,10,13H,7-8H2,1-2H3. The summed E-state index contributed by atoms with van der Waals surface area (Å²) in [5.41, 5.74) is 1.47. The largest absolute Gasteiger partial charge is 0.497 e. The van der Waals surface area contributed by atoms with Gasteiger partial charge in [-0.1, -0.05) is 19.1 Å². The van der Waals surface area contributed by atoms with Crippen LogP contribution in [0, 0.1) is 0 Å². The smallest absolute Gasteiger partial charge is 0.118 e. The molecule has 0 aliphatic heterocycles. The highest BCUT2D eigenvalue weighted by Gasteiger charge is 2.40. The molecule has 0 atom stereocenters. The van der Waals surface area contributed by atoms with Crippen LogP contribution >= 0.6 is 0 Å². The van der Waals surface area contributed by atoms with Gasteiger partial charge < -0.3 is 9.84 Å². The number of benzene rings is 1. The topological polar surface area (TPSA) is 29.5 Å². The number of methoxy groups -OCH3 is 1.